The molecule has 0 amide bonds. The Labute approximate surface area is 175 Å². The lowest BCUT2D eigenvalue weighted by molar-refractivity contribution is 0.238. The normalized spacial score (nSPS) is 15.0. The van der Waals surface area contributed by atoms with Gasteiger partial charge in [-0.1, -0.05) is 24.3 Å². The topological polar surface area (TPSA) is 28.2 Å². The van der Waals surface area contributed by atoms with Gasteiger partial charge >= 0.3 is 0 Å². The zero-order valence-electron chi connectivity index (χ0n) is 18.1. The third-order valence-corrected chi connectivity index (χ3v) is 5.33. The van der Waals surface area contributed by atoms with Crippen LogP contribution in [0.3, 0.4) is 0 Å². The largest absolute Gasteiger partial charge is 0.495 e. The van der Waals surface area contributed by atoms with E-state index in [2.05, 4.69) is 65.2 Å². The van der Waals surface area contributed by atoms with Crippen LogP contribution in [0.1, 0.15) is 18.4 Å². The van der Waals surface area contributed by atoms with Crippen molar-refractivity contribution in [2.75, 3.05) is 65.4 Å². The molecule has 2 aromatic carbocycles. The highest BCUT2D eigenvalue weighted by atomic mass is 16.5. The summed E-state index contributed by atoms with van der Waals surface area (Å²) in [6.45, 7) is 7.18. The van der Waals surface area contributed by atoms with Gasteiger partial charge < -0.3 is 19.3 Å². The summed E-state index contributed by atoms with van der Waals surface area (Å²) in [6.07, 6.45) is 2.26. The maximum absolute atomic E-state index is 5.96. The van der Waals surface area contributed by atoms with Crippen LogP contribution in [0.5, 0.6) is 11.5 Å². The molecule has 29 heavy (non-hydrogen) atoms. The fourth-order valence-electron chi connectivity index (χ4n) is 3.83. The summed E-state index contributed by atoms with van der Waals surface area (Å²) in [5.41, 5.74) is 2.50. The molecule has 0 spiro atoms. The third-order valence-electron chi connectivity index (χ3n) is 5.33. The molecule has 158 valence electrons. The first kappa shape index (κ1) is 21.5. The van der Waals surface area contributed by atoms with Crippen LogP contribution >= 0.6 is 0 Å². The van der Waals surface area contributed by atoms with Gasteiger partial charge in [-0.3, -0.25) is 4.90 Å². The predicted molar refractivity (Wildman–Crippen MR) is 120 cm³/mol. The molecular weight excluding hydrogens is 362 g/mol. The van der Waals surface area contributed by atoms with E-state index < -0.39 is 0 Å². The van der Waals surface area contributed by atoms with Gasteiger partial charge in [0.25, 0.3) is 0 Å². The molecule has 1 aliphatic heterocycles. The molecule has 0 bridgehead atoms. The Morgan fingerprint density at radius 2 is 1.72 bits per heavy atom. The summed E-state index contributed by atoms with van der Waals surface area (Å²) in [6, 6.07) is 16.7. The number of unbranched alkanes of at least 4 members (excludes halogenated alkanes) is 1. The zero-order valence-corrected chi connectivity index (χ0v) is 18.1. The first-order valence-corrected chi connectivity index (χ1v) is 10.6. The molecular formula is C24H35N3O2. The highest BCUT2D eigenvalue weighted by molar-refractivity contribution is 5.58. The van der Waals surface area contributed by atoms with Gasteiger partial charge in [-0.2, -0.15) is 0 Å². The Hall–Kier alpha value is -2.24. The lowest BCUT2D eigenvalue weighted by atomic mass is 10.2. The number of methoxy groups -OCH3 is 1. The molecule has 2 aromatic rings. The average Bonchev–Trinajstić information content (AvgIpc) is 2.74. The number of piperazine rings is 1. The number of nitrogens with zero attached hydrogens (tertiary/aromatic N) is 3. The average molecular weight is 398 g/mol. The van der Waals surface area contributed by atoms with Crippen LogP contribution in [0.4, 0.5) is 5.69 Å². The Bertz CT molecular complexity index is 742. The summed E-state index contributed by atoms with van der Waals surface area (Å²) < 4.78 is 11.5. The van der Waals surface area contributed by atoms with Gasteiger partial charge in [-0.05, 0) is 63.3 Å². The number of hydrogen-bond acceptors (Lipinski definition) is 5. The van der Waals surface area contributed by atoms with Crippen molar-refractivity contribution in [3.8, 4) is 11.5 Å². The third kappa shape index (κ3) is 6.65. The van der Waals surface area contributed by atoms with Crippen molar-refractivity contribution < 1.29 is 9.47 Å². The molecule has 0 unspecified atom stereocenters. The van der Waals surface area contributed by atoms with Crippen molar-refractivity contribution in [2.24, 2.45) is 0 Å². The summed E-state index contributed by atoms with van der Waals surface area (Å²) in [5, 5.41) is 0. The van der Waals surface area contributed by atoms with Gasteiger partial charge in [0.15, 0.2) is 0 Å². The highest BCUT2D eigenvalue weighted by Gasteiger charge is 2.18. The second-order valence-corrected chi connectivity index (χ2v) is 7.94. The SMILES string of the molecule is COc1ccccc1N1CCN(CCCCOc2cccc(CN(C)C)c2)CC1. The van der Waals surface area contributed by atoms with Crippen molar-refractivity contribution in [1.82, 2.24) is 9.80 Å². The maximum Gasteiger partial charge on any atom is 0.142 e. The van der Waals surface area contributed by atoms with E-state index in [0.717, 1.165) is 63.8 Å². The molecule has 1 saturated heterocycles. The van der Waals surface area contributed by atoms with Crippen molar-refractivity contribution in [2.45, 2.75) is 19.4 Å². The summed E-state index contributed by atoms with van der Waals surface area (Å²) in [5.74, 6) is 1.95. The quantitative estimate of drug-likeness (QED) is 0.570. The smallest absolute Gasteiger partial charge is 0.142 e. The molecule has 0 atom stereocenters. The second-order valence-electron chi connectivity index (χ2n) is 7.94. The van der Waals surface area contributed by atoms with E-state index in [-0.39, 0.29) is 0 Å². The molecule has 0 saturated carbocycles. The maximum atomic E-state index is 5.96. The van der Waals surface area contributed by atoms with Crippen molar-refractivity contribution in [3.63, 3.8) is 0 Å². The molecule has 0 aliphatic carbocycles. The molecule has 0 N–H and O–H groups in total. The minimum atomic E-state index is 0.784. The second kappa shape index (κ2) is 11.1. The van der Waals surface area contributed by atoms with Crippen LogP contribution in [0.15, 0.2) is 48.5 Å². The summed E-state index contributed by atoms with van der Waals surface area (Å²) in [7, 11) is 5.92. The Balaban J connectivity index is 1.33. The number of ether oxygens (including phenoxy) is 2. The first-order valence-electron chi connectivity index (χ1n) is 10.6. The molecule has 5 heteroatoms. The zero-order chi connectivity index (χ0) is 20.5. The number of para-hydroxylation sites is 2. The van der Waals surface area contributed by atoms with Gasteiger partial charge in [0.05, 0.1) is 19.4 Å². The number of anilines is 1. The fraction of sp³-hybridized carbons (Fsp3) is 0.500. The molecule has 0 aromatic heterocycles. The monoisotopic (exact) mass is 397 g/mol. The van der Waals surface area contributed by atoms with Crippen LogP contribution in [0.25, 0.3) is 0 Å². The molecule has 0 radical (unpaired) electrons. The molecule has 1 fully saturated rings. The highest BCUT2D eigenvalue weighted by Crippen LogP contribution is 2.28. The van der Waals surface area contributed by atoms with E-state index in [1.54, 1.807) is 7.11 Å². The van der Waals surface area contributed by atoms with Gasteiger partial charge in [0.2, 0.25) is 0 Å². The van der Waals surface area contributed by atoms with Crippen LogP contribution in [-0.4, -0.2) is 70.3 Å². The lowest BCUT2D eigenvalue weighted by Crippen LogP contribution is -2.46. The Morgan fingerprint density at radius 1 is 0.931 bits per heavy atom. The van der Waals surface area contributed by atoms with E-state index in [0.29, 0.717) is 0 Å². The molecule has 5 nitrogen and oxygen atoms in total. The Morgan fingerprint density at radius 3 is 2.48 bits per heavy atom. The minimum absolute atomic E-state index is 0.784. The molecule has 1 aliphatic rings. The van der Waals surface area contributed by atoms with E-state index in [4.69, 9.17) is 9.47 Å². The predicted octanol–water partition coefficient (Wildman–Crippen LogP) is 3.74. The number of hydrogen-bond donors (Lipinski definition) is 0. The number of rotatable bonds is 10. The van der Waals surface area contributed by atoms with E-state index >= 15 is 0 Å². The van der Waals surface area contributed by atoms with E-state index in [1.807, 2.05) is 12.1 Å². The molecule has 3 rings (SSSR count). The van der Waals surface area contributed by atoms with Gasteiger partial charge in [0.1, 0.15) is 11.5 Å². The van der Waals surface area contributed by atoms with Gasteiger partial charge in [-0.25, -0.2) is 0 Å². The van der Waals surface area contributed by atoms with Gasteiger partial charge in [0, 0.05) is 32.7 Å². The standard InChI is InChI=1S/C24H35N3O2/c1-25(2)20-21-9-8-10-22(19-21)29-18-7-6-13-26-14-16-27(17-15-26)23-11-4-5-12-24(23)28-3/h4-5,8-12,19H,6-7,13-18,20H2,1-3H3. The lowest BCUT2D eigenvalue weighted by Gasteiger charge is -2.36. The number of benzene rings is 2. The summed E-state index contributed by atoms with van der Waals surface area (Å²) >= 11 is 0. The van der Waals surface area contributed by atoms with Gasteiger partial charge in [-0.15, -0.1) is 0 Å². The van der Waals surface area contributed by atoms with E-state index in [9.17, 15) is 0 Å². The Kier molecular flexibility index (Phi) is 8.20. The van der Waals surface area contributed by atoms with Crippen molar-refractivity contribution >= 4 is 5.69 Å². The van der Waals surface area contributed by atoms with Crippen LogP contribution < -0.4 is 14.4 Å². The van der Waals surface area contributed by atoms with Crippen molar-refractivity contribution in [1.29, 1.82) is 0 Å². The summed E-state index contributed by atoms with van der Waals surface area (Å²) in [4.78, 5) is 7.16. The minimum Gasteiger partial charge on any atom is -0.495 e. The van der Waals surface area contributed by atoms with Crippen LogP contribution in [-0.2, 0) is 6.54 Å². The van der Waals surface area contributed by atoms with Crippen LogP contribution in [0.2, 0.25) is 0 Å². The molecule has 1 heterocycles. The van der Waals surface area contributed by atoms with E-state index in [1.165, 1.54) is 17.7 Å². The van der Waals surface area contributed by atoms with Crippen molar-refractivity contribution in [3.05, 3.63) is 54.1 Å². The fourth-order valence-corrected chi connectivity index (χ4v) is 3.83. The first-order chi connectivity index (χ1) is 14.2. The van der Waals surface area contributed by atoms with Crippen LogP contribution in [0, 0.1) is 0 Å².